The first-order chi connectivity index (χ1) is 14.5. The van der Waals surface area contributed by atoms with Crippen molar-refractivity contribution >= 4 is 6.09 Å². The first kappa shape index (κ1) is 30.1. The number of ether oxygens (including phenoxy) is 1. The number of piperidine rings is 2. The zero-order valence-electron chi connectivity index (χ0n) is 18.4. The molecule has 3 rings (SSSR count). The molecule has 0 bridgehead atoms. The van der Waals surface area contributed by atoms with Gasteiger partial charge in [-0.1, -0.05) is 56.8 Å². The van der Waals surface area contributed by atoms with Crippen LogP contribution >= 0.6 is 0 Å². The fraction of sp³-hybridized carbons (Fsp3) is 0.654. The fourth-order valence-electron chi connectivity index (χ4n) is 4.14. The summed E-state index contributed by atoms with van der Waals surface area (Å²) < 4.78 is 5.35. The predicted molar refractivity (Wildman–Crippen MR) is 133 cm³/mol. The van der Waals surface area contributed by atoms with Gasteiger partial charge in [0.2, 0.25) is 0 Å². The number of hydrogen-bond acceptors (Lipinski definition) is 5. The molecule has 0 aromatic heterocycles. The van der Waals surface area contributed by atoms with Crippen LogP contribution in [-0.4, -0.2) is 59.6 Å². The Kier molecular flexibility index (Phi) is 15.7. The maximum Gasteiger partial charge on any atom is 0.410 e. The molecule has 0 radical (unpaired) electrons. The normalized spacial score (nSPS) is 23.8. The number of amides is 1. The van der Waals surface area contributed by atoms with Gasteiger partial charge >= 0.3 is 6.09 Å². The van der Waals surface area contributed by atoms with Crippen LogP contribution in [0, 0.1) is 5.92 Å². The molecule has 184 valence electrons. The van der Waals surface area contributed by atoms with Gasteiger partial charge in [0.05, 0.1) is 6.61 Å². The number of carbonyl (C=O) groups is 1. The summed E-state index contributed by atoms with van der Waals surface area (Å²) in [5.74, 6) is 0.765. The van der Waals surface area contributed by atoms with Crippen molar-refractivity contribution in [1.29, 1.82) is 0 Å². The quantitative estimate of drug-likeness (QED) is 0.564. The molecule has 1 aromatic carbocycles. The van der Waals surface area contributed by atoms with Crippen LogP contribution in [0.15, 0.2) is 42.0 Å². The maximum absolute atomic E-state index is 12.1. The van der Waals surface area contributed by atoms with Gasteiger partial charge in [0.1, 0.15) is 6.61 Å². The fourth-order valence-corrected chi connectivity index (χ4v) is 4.14. The molecule has 6 heteroatoms. The Morgan fingerprint density at radius 2 is 1.94 bits per heavy atom. The van der Waals surface area contributed by atoms with E-state index in [2.05, 4.69) is 12.2 Å². The summed E-state index contributed by atoms with van der Waals surface area (Å²) >= 11 is 0. The van der Waals surface area contributed by atoms with Crippen molar-refractivity contribution in [3.05, 3.63) is 47.5 Å². The van der Waals surface area contributed by atoms with Gasteiger partial charge in [-0.2, -0.15) is 0 Å². The molecule has 0 spiro atoms. The topological polar surface area (TPSA) is 82.0 Å². The van der Waals surface area contributed by atoms with Gasteiger partial charge in [-0.15, -0.1) is 0 Å². The van der Waals surface area contributed by atoms with Crippen molar-refractivity contribution in [2.75, 3.05) is 26.3 Å². The van der Waals surface area contributed by atoms with Crippen LogP contribution in [0.2, 0.25) is 0 Å². The lowest BCUT2D eigenvalue weighted by atomic mass is 9.91. The monoisotopic (exact) mass is 450 g/mol. The van der Waals surface area contributed by atoms with E-state index in [1.807, 2.05) is 43.3 Å². The van der Waals surface area contributed by atoms with Gasteiger partial charge in [-0.3, -0.25) is 0 Å². The number of aliphatic hydroxyl groups excluding tert-OH is 2. The molecular formula is C26H46N2O4. The average molecular weight is 451 g/mol. The average Bonchev–Trinajstić information content (AvgIpc) is 2.74. The number of nitrogens with one attached hydrogen (secondary N) is 1. The van der Waals surface area contributed by atoms with Crippen LogP contribution in [0.4, 0.5) is 4.79 Å². The third kappa shape index (κ3) is 10.6. The third-order valence-corrected chi connectivity index (χ3v) is 5.85. The summed E-state index contributed by atoms with van der Waals surface area (Å²) in [4.78, 5) is 13.8. The Bertz CT molecular complexity index is 648. The van der Waals surface area contributed by atoms with Crippen LogP contribution in [-0.2, 0) is 11.3 Å². The van der Waals surface area contributed by atoms with E-state index in [1.165, 1.54) is 18.4 Å². The molecular weight excluding hydrogens is 404 g/mol. The molecule has 2 aliphatic heterocycles. The smallest absolute Gasteiger partial charge is 0.410 e. The van der Waals surface area contributed by atoms with Crippen molar-refractivity contribution in [1.82, 2.24) is 10.2 Å². The number of likely N-dealkylation sites (tertiary alicyclic amines) is 1. The lowest BCUT2D eigenvalue weighted by Gasteiger charge is -2.34. The van der Waals surface area contributed by atoms with Crippen LogP contribution in [0.3, 0.4) is 0 Å². The standard InChI is InChI=1S/C16H21NO3.C8H17NO.2CH4/c1-13-11-14(8-10-18)7-9-17(13)16(19)20-12-15-5-3-2-4-6-15;1-7-6-8(3-5-10)2-4-9-7;;/h2-6,8,13,18H,7,9-12H2,1H3;7-10H,2-6H2,1H3;2*1H4/b14-8-;;;. The lowest BCUT2D eigenvalue weighted by molar-refractivity contribution is 0.0783. The molecule has 0 saturated carbocycles. The summed E-state index contributed by atoms with van der Waals surface area (Å²) in [5.41, 5.74) is 2.21. The maximum atomic E-state index is 12.1. The van der Waals surface area contributed by atoms with Crippen LogP contribution in [0.1, 0.15) is 66.4 Å². The highest BCUT2D eigenvalue weighted by molar-refractivity contribution is 5.68. The Morgan fingerprint density at radius 1 is 1.22 bits per heavy atom. The summed E-state index contributed by atoms with van der Waals surface area (Å²) in [6, 6.07) is 10.4. The minimum Gasteiger partial charge on any atom is -0.445 e. The number of aliphatic hydroxyl groups is 2. The third-order valence-electron chi connectivity index (χ3n) is 5.85. The minimum atomic E-state index is -0.260. The molecule has 1 aromatic rings. The van der Waals surface area contributed by atoms with E-state index in [0.29, 0.717) is 25.8 Å². The number of rotatable bonds is 5. The molecule has 3 unspecified atom stereocenters. The van der Waals surface area contributed by atoms with Gasteiger partial charge in [-0.05, 0) is 64.0 Å². The number of hydrogen-bond donors (Lipinski definition) is 3. The van der Waals surface area contributed by atoms with E-state index < -0.39 is 0 Å². The molecule has 32 heavy (non-hydrogen) atoms. The van der Waals surface area contributed by atoms with Crippen molar-refractivity contribution in [3.8, 4) is 0 Å². The predicted octanol–water partition coefficient (Wildman–Crippen LogP) is 4.76. The van der Waals surface area contributed by atoms with E-state index in [1.54, 1.807) is 4.90 Å². The highest BCUT2D eigenvalue weighted by atomic mass is 16.6. The highest BCUT2D eigenvalue weighted by Crippen LogP contribution is 2.23. The second-order valence-electron chi connectivity index (χ2n) is 8.34. The second-order valence-corrected chi connectivity index (χ2v) is 8.34. The molecule has 2 heterocycles. The van der Waals surface area contributed by atoms with Crippen LogP contribution in [0.25, 0.3) is 0 Å². The van der Waals surface area contributed by atoms with E-state index in [9.17, 15) is 4.79 Å². The zero-order valence-corrected chi connectivity index (χ0v) is 18.4. The van der Waals surface area contributed by atoms with E-state index in [0.717, 1.165) is 37.3 Å². The molecule has 3 atom stereocenters. The highest BCUT2D eigenvalue weighted by Gasteiger charge is 2.26. The summed E-state index contributed by atoms with van der Waals surface area (Å²) in [5, 5.41) is 21.0. The van der Waals surface area contributed by atoms with Crippen LogP contribution < -0.4 is 5.32 Å². The SMILES string of the molecule is C.C.CC1C/C(=C\CO)CCN1C(=O)OCc1ccccc1.CC1CC(CCO)CCN1. The van der Waals surface area contributed by atoms with Crippen molar-refractivity contribution in [3.63, 3.8) is 0 Å². The minimum absolute atomic E-state index is 0. The first-order valence-corrected chi connectivity index (χ1v) is 11.1. The summed E-state index contributed by atoms with van der Waals surface area (Å²) in [6.07, 6.45) is 6.66. The molecule has 2 aliphatic rings. The second kappa shape index (κ2) is 16.7. The van der Waals surface area contributed by atoms with Crippen molar-refractivity contribution in [2.24, 2.45) is 5.92 Å². The Morgan fingerprint density at radius 3 is 2.53 bits per heavy atom. The molecule has 1 amide bonds. The van der Waals surface area contributed by atoms with Crippen molar-refractivity contribution < 1.29 is 19.7 Å². The largest absolute Gasteiger partial charge is 0.445 e. The van der Waals surface area contributed by atoms with Gasteiger partial charge < -0.3 is 25.2 Å². The number of benzene rings is 1. The van der Waals surface area contributed by atoms with Crippen LogP contribution in [0.5, 0.6) is 0 Å². The van der Waals surface area contributed by atoms with E-state index in [-0.39, 0.29) is 33.6 Å². The van der Waals surface area contributed by atoms with E-state index in [4.69, 9.17) is 14.9 Å². The first-order valence-electron chi connectivity index (χ1n) is 11.1. The van der Waals surface area contributed by atoms with Gasteiger partial charge in [-0.25, -0.2) is 4.79 Å². The number of nitrogens with zero attached hydrogens (tertiary/aromatic N) is 1. The van der Waals surface area contributed by atoms with E-state index >= 15 is 0 Å². The number of carbonyl (C=O) groups excluding carboxylic acids is 1. The van der Waals surface area contributed by atoms with Gasteiger partial charge in [0, 0.05) is 25.2 Å². The lowest BCUT2D eigenvalue weighted by Crippen LogP contribution is -2.43. The van der Waals surface area contributed by atoms with Crippen molar-refractivity contribution in [2.45, 2.75) is 79.5 Å². The summed E-state index contributed by atoms with van der Waals surface area (Å²) in [6.45, 7) is 6.74. The molecule has 3 N–H and O–H groups in total. The Balaban J connectivity index is 0.000000683. The zero-order chi connectivity index (χ0) is 21.8. The molecule has 2 fully saturated rings. The molecule has 2 saturated heterocycles. The molecule has 6 nitrogen and oxygen atoms in total. The summed E-state index contributed by atoms with van der Waals surface area (Å²) in [7, 11) is 0. The van der Waals surface area contributed by atoms with Gasteiger partial charge in [0.25, 0.3) is 0 Å². The Labute approximate surface area is 195 Å². The Hall–Kier alpha value is -1.89. The van der Waals surface area contributed by atoms with Gasteiger partial charge in [0.15, 0.2) is 0 Å². The molecule has 0 aliphatic carbocycles.